The number of hydrogen-bond donors (Lipinski definition) is 2. The molecule has 2 aromatic carbocycles. The van der Waals surface area contributed by atoms with Crippen molar-refractivity contribution >= 4 is 41.1 Å². The van der Waals surface area contributed by atoms with E-state index >= 15 is 0 Å². The second-order valence-electron chi connectivity index (χ2n) is 15.4. The smallest absolute Gasteiger partial charge is 0.303 e. The third kappa shape index (κ3) is 13.0. The van der Waals surface area contributed by atoms with Gasteiger partial charge in [0, 0.05) is 58.7 Å². The number of nitrogens with one attached hydrogen (secondary N) is 1. The fourth-order valence-electron chi connectivity index (χ4n) is 7.81. The van der Waals surface area contributed by atoms with Crippen LogP contribution in [0.4, 0.5) is 0 Å². The molecule has 0 aliphatic carbocycles. The normalized spacial score (nSPS) is 27.9. The largest absolute Gasteiger partial charge is 0.463 e. The topological polar surface area (TPSA) is 168 Å². The maximum atomic E-state index is 12.2. The van der Waals surface area contributed by atoms with Crippen LogP contribution in [-0.4, -0.2) is 102 Å². The average molecular weight is 827 g/mol. The van der Waals surface area contributed by atoms with Gasteiger partial charge in [-0.05, 0) is 42.6 Å². The fraction of sp³-hybridized carbons (Fsp3) is 0.605. The summed E-state index contributed by atoms with van der Waals surface area (Å²) in [6, 6.07) is 15.9. The van der Waals surface area contributed by atoms with Crippen molar-refractivity contribution in [2.45, 2.75) is 135 Å². The van der Waals surface area contributed by atoms with E-state index in [0.717, 1.165) is 41.9 Å². The Hall–Kier alpha value is -3.99. The minimum atomic E-state index is -1.26. The van der Waals surface area contributed by atoms with Gasteiger partial charge in [-0.25, -0.2) is 0 Å². The van der Waals surface area contributed by atoms with Gasteiger partial charge in [0.1, 0.15) is 18.8 Å². The molecule has 3 fully saturated rings. The van der Waals surface area contributed by atoms with Gasteiger partial charge in [0.15, 0.2) is 24.6 Å². The minimum Gasteiger partial charge on any atom is -0.463 e. The highest BCUT2D eigenvalue weighted by molar-refractivity contribution is 7.80. The van der Waals surface area contributed by atoms with Gasteiger partial charge in [-0.1, -0.05) is 86.9 Å². The second kappa shape index (κ2) is 21.9. The molecule has 9 atom stereocenters. The second-order valence-corrected chi connectivity index (χ2v) is 15.8. The molecule has 5 rings (SSSR count). The van der Waals surface area contributed by atoms with Gasteiger partial charge in [-0.15, -0.1) is 0 Å². The molecule has 0 aromatic heterocycles. The summed E-state index contributed by atoms with van der Waals surface area (Å²) >= 11 is 5.71. The third-order valence-electron chi connectivity index (χ3n) is 10.7. The zero-order valence-corrected chi connectivity index (χ0v) is 34.9. The SMILES string of the molecule is CC(=O)OC[C@H]1O[C@@H](CC(=S)NCc2ccc(C3O[C@H](CN4CCCCCCC4)[C@H](C)[C@H](c4ccc(CO)cc4)O3)cc2)[C@H](OC(C)=O)[C@@H](OC(C)=O)[C@@H]1OC(C)=O. The number of rotatable bonds is 14. The Bertz CT molecular complexity index is 1680. The van der Waals surface area contributed by atoms with Gasteiger partial charge >= 0.3 is 23.9 Å². The molecule has 0 bridgehead atoms. The number of likely N-dealkylation sites (tertiary alicyclic amines) is 1. The molecule has 14 nitrogen and oxygen atoms in total. The van der Waals surface area contributed by atoms with Gasteiger partial charge in [-0.3, -0.25) is 19.2 Å². The molecule has 58 heavy (non-hydrogen) atoms. The summed E-state index contributed by atoms with van der Waals surface area (Å²) in [7, 11) is 0. The van der Waals surface area contributed by atoms with E-state index in [1.165, 1.54) is 59.8 Å². The Morgan fingerprint density at radius 3 is 1.84 bits per heavy atom. The number of ether oxygens (including phenoxy) is 7. The number of aliphatic hydroxyl groups is 1. The number of nitrogens with zero attached hydrogens (tertiary/aromatic N) is 1. The van der Waals surface area contributed by atoms with Gasteiger partial charge < -0.3 is 48.5 Å². The Labute approximate surface area is 346 Å². The van der Waals surface area contributed by atoms with Crippen molar-refractivity contribution in [1.82, 2.24) is 10.2 Å². The van der Waals surface area contributed by atoms with Crippen molar-refractivity contribution < 1.29 is 57.4 Å². The van der Waals surface area contributed by atoms with Crippen LogP contribution in [0, 0.1) is 5.92 Å². The summed E-state index contributed by atoms with van der Waals surface area (Å²) in [5, 5.41) is 12.9. The average Bonchev–Trinajstić information content (AvgIpc) is 3.17. The Kier molecular flexibility index (Phi) is 17.0. The summed E-state index contributed by atoms with van der Waals surface area (Å²) in [6.07, 6.45) is -0.340. The van der Waals surface area contributed by atoms with E-state index in [1.54, 1.807) is 0 Å². The number of esters is 4. The molecule has 0 amide bonds. The summed E-state index contributed by atoms with van der Waals surface area (Å²) in [4.78, 5) is 51.1. The van der Waals surface area contributed by atoms with Gasteiger partial charge in [0.05, 0.1) is 23.8 Å². The number of aliphatic hydroxyl groups excluding tert-OH is 1. The Balaban J connectivity index is 1.28. The van der Waals surface area contributed by atoms with Crippen LogP contribution >= 0.6 is 12.2 Å². The molecule has 15 heteroatoms. The first-order valence-electron chi connectivity index (χ1n) is 20.2. The number of carbonyl (C=O) groups is 4. The lowest BCUT2D eigenvalue weighted by Gasteiger charge is -2.44. The van der Waals surface area contributed by atoms with Crippen LogP contribution in [0.15, 0.2) is 48.5 Å². The van der Waals surface area contributed by atoms with E-state index in [2.05, 4.69) is 17.1 Å². The summed E-state index contributed by atoms with van der Waals surface area (Å²) < 4.78 is 41.4. The molecular weight excluding hydrogens is 769 g/mol. The monoisotopic (exact) mass is 826 g/mol. The molecule has 1 unspecified atom stereocenters. The molecule has 3 saturated heterocycles. The maximum Gasteiger partial charge on any atom is 0.303 e. The zero-order chi connectivity index (χ0) is 41.8. The molecule has 3 aliphatic heterocycles. The van der Waals surface area contributed by atoms with Crippen LogP contribution in [0.5, 0.6) is 0 Å². The van der Waals surface area contributed by atoms with E-state index in [9.17, 15) is 24.3 Å². The number of thiocarbonyl (C=S) groups is 1. The van der Waals surface area contributed by atoms with Crippen LogP contribution < -0.4 is 5.32 Å². The standard InChI is InChI=1S/C43H58N2O12S/c1-26-36(23-45-19-9-7-6-8-10-20-45)56-43(57-39(26)33-15-13-32(24-46)14-16-33)34-17-11-31(12-18-34)22-44-38(58)21-35-40(52-28(3)48)42(54-30(5)50)41(53-29(4)49)37(55-35)25-51-27(2)47/h11-18,26,35-37,39-43,46H,6-10,19-25H2,1-5H3,(H,44,58)/t26-,35-,36+,37+,39+,40-,41+,42+,43?/m0/s1. The van der Waals surface area contributed by atoms with E-state index in [-0.39, 0.29) is 37.8 Å². The lowest BCUT2D eigenvalue weighted by Crippen LogP contribution is -2.62. The quantitative estimate of drug-likeness (QED) is 0.145. The van der Waals surface area contributed by atoms with Crippen LogP contribution in [0.3, 0.4) is 0 Å². The van der Waals surface area contributed by atoms with Crippen LogP contribution in [0.1, 0.15) is 108 Å². The summed E-state index contributed by atoms with van der Waals surface area (Å²) in [5.74, 6) is -2.58. The fourth-order valence-corrected chi connectivity index (χ4v) is 8.04. The highest BCUT2D eigenvalue weighted by Gasteiger charge is 2.52. The predicted octanol–water partition coefficient (Wildman–Crippen LogP) is 5.17. The number of carbonyl (C=O) groups excluding carboxylic acids is 4. The first-order valence-corrected chi connectivity index (χ1v) is 20.6. The Morgan fingerprint density at radius 1 is 0.707 bits per heavy atom. The van der Waals surface area contributed by atoms with Crippen molar-refractivity contribution in [3.63, 3.8) is 0 Å². The zero-order valence-electron chi connectivity index (χ0n) is 34.1. The molecular formula is C43H58N2O12S. The van der Waals surface area contributed by atoms with Crippen LogP contribution in [0.25, 0.3) is 0 Å². The molecule has 0 radical (unpaired) electrons. The van der Waals surface area contributed by atoms with Crippen molar-refractivity contribution in [3.8, 4) is 0 Å². The van der Waals surface area contributed by atoms with E-state index in [1.807, 2.05) is 48.5 Å². The number of benzene rings is 2. The number of hydrogen-bond acceptors (Lipinski definition) is 14. The third-order valence-corrected chi connectivity index (χ3v) is 11.0. The van der Waals surface area contributed by atoms with Gasteiger partial charge in [0.25, 0.3) is 0 Å². The van der Waals surface area contributed by atoms with Crippen molar-refractivity contribution in [1.29, 1.82) is 0 Å². The van der Waals surface area contributed by atoms with Crippen molar-refractivity contribution in [3.05, 3.63) is 70.8 Å². The molecule has 318 valence electrons. The van der Waals surface area contributed by atoms with Crippen molar-refractivity contribution in [2.24, 2.45) is 5.92 Å². The lowest BCUT2D eigenvalue weighted by molar-refractivity contribution is -0.276. The predicted molar refractivity (Wildman–Crippen MR) is 215 cm³/mol. The van der Waals surface area contributed by atoms with E-state index < -0.39 is 60.7 Å². The van der Waals surface area contributed by atoms with E-state index in [0.29, 0.717) is 11.5 Å². The molecule has 3 aliphatic rings. The molecule has 0 spiro atoms. The first-order chi connectivity index (χ1) is 27.8. The van der Waals surface area contributed by atoms with Crippen LogP contribution in [0.2, 0.25) is 0 Å². The molecule has 3 heterocycles. The minimum absolute atomic E-state index is 0.0213. The summed E-state index contributed by atoms with van der Waals surface area (Å²) in [6.45, 7) is 9.92. The Morgan fingerprint density at radius 2 is 1.26 bits per heavy atom. The molecule has 2 N–H and O–H groups in total. The van der Waals surface area contributed by atoms with Gasteiger partial charge in [0.2, 0.25) is 0 Å². The maximum absolute atomic E-state index is 12.2. The van der Waals surface area contributed by atoms with Crippen molar-refractivity contribution in [2.75, 3.05) is 26.2 Å². The lowest BCUT2D eigenvalue weighted by atomic mass is 9.89. The molecule has 2 aromatic rings. The van der Waals surface area contributed by atoms with Crippen LogP contribution in [-0.2, 0) is 65.5 Å². The highest BCUT2D eigenvalue weighted by atomic mass is 32.1. The highest BCUT2D eigenvalue weighted by Crippen LogP contribution is 2.42. The first kappa shape index (κ1) is 45.1. The van der Waals surface area contributed by atoms with E-state index in [4.69, 9.17) is 45.4 Å². The van der Waals surface area contributed by atoms with Gasteiger partial charge in [-0.2, -0.15) is 0 Å². The summed E-state index contributed by atoms with van der Waals surface area (Å²) in [5.41, 5.74) is 3.69. The molecule has 0 saturated carbocycles.